The summed E-state index contributed by atoms with van der Waals surface area (Å²) in [7, 11) is 8.13. The van der Waals surface area contributed by atoms with E-state index in [4.69, 9.17) is 4.74 Å². The fourth-order valence-electron chi connectivity index (χ4n) is 3.43. The molecule has 3 rings (SSSR count). The standard InChI is InChI=1S/C17H30N6O.HI/c1-18-17(19-10-15(21(2)3)13-5-6-13)23-7-8-24-16(12-23)14-9-20-22(4)11-14;/h9,11,13,15-16H,5-8,10,12H2,1-4H3,(H,18,19);1H. The Morgan fingerprint density at radius 3 is 2.80 bits per heavy atom. The largest absolute Gasteiger partial charge is 0.370 e. The average molecular weight is 462 g/mol. The van der Waals surface area contributed by atoms with E-state index < -0.39 is 0 Å². The first kappa shape index (κ1) is 20.4. The van der Waals surface area contributed by atoms with Gasteiger partial charge in [-0.25, -0.2) is 0 Å². The SMILES string of the molecule is CN=C(NCC(C1CC1)N(C)C)N1CCOC(c2cnn(C)c2)C1.I. The smallest absolute Gasteiger partial charge is 0.193 e. The first-order valence-electron chi connectivity index (χ1n) is 8.80. The third-order valence-corrected chi connectivity index (χ3v) is 4.97. The molecule has 7 nitrogen and oxygen atoms in total. The molecular weight excluding hydrogens is 431 g/mol. The number of nitrogens with zero attached hydrogens (tertiary/aromatic N) is 5. The molecule has 25 heavy (non-hydrogen) atoms. The van der Waals surface area contributed by atoms with E-state index in [1.807, 2.05) is 31.2 Å². The van der Waals surface area contributed by atoms with Crippen molar-refractivity contribution in [2.45, 2.75) is 25.0 Å². The van der Waals surface area contributed by atoms with Crippen LogP contribution in [0.4, 0.5) is 0 Å². The molecule has 2 atom stereocenters. The van der Waals surface area contributed by atoms with E-state index in [-0.39, 0.29) is 30.1 Å². The number of nitrogens with one attached hydrogen (secondary N) is 1. The van der Waals surface area contributed by atoms with Crippen LogP contribution in [0.2, 0.25) is 0 Å². The second-order valence-corrected chi connectivity index (χ2v) is 7.05. The highest BCUT2D eigenvalue weighted by atomic mass is 127. The number of aromatic nitrogens is 2. The molecule has 1 aliphatic heterocycles. The van der Waals surface area contributed by atoms with Crippen LogP contribution in [0.1, 0.15) is 24.5 Å². The number of likely N-dealkylation sites (N-methyl/N-ethyl adjacent to an activating group) is 1. The maximum atomic E-state index is 5.93. The van der Waals surface area contributed by atoms with Crippen molar-refractivity contribution < 1.29 is 4.74 Å². The van der Waals surface area contributed by atoms with Gasteiger partial charge in [-0.05, 0) is 32.9 Å². The summed E-state index contributed by atoms with van der Waals surface area (Å²) in [5.41, 5.74) is 1.13. The van der Waals surface area contributed by atoms with Crippen LogP contribution >= 0.6 is 24.0 Å². The summed E-state index contributed by atoms with van der Waals surface area (Å²) in [4.78, 5) is 9.11. The third kappa shape index (κ3) is 5.30. The average Bonchev–Trinajstić information content (AvgIpc) is 3.31. The minimum atomic E-state index is 0. The van der Waals surface area contributed by atoms with Gasteiger partial charge in [0, 0.05) is 45.0 Å². The van der Waals surface area contributed by atoms with Crippen LogP contribution in [0.3, 0.4) is 0 Å². The van der Waals surface area contributed by atoms with E-state index in [1.165, 1.54) is 12.8 Å². The van der Waals surface area contributed by atoms with Crippen molar-refractivity contribution in [3.05, 3.63) is 18.0 Å². The lowest BCUT2D eigenvalue weighted by atomic mass is 10.1. The first-order valence-corrected chi connectivity index (χ1v) is 8.80. The van der Waals surface area contributed by atoms with Gasteiger partial charge in [-0.15, -0.1) is 24.0 Å². The minimum absolute atomic E-state index is 0. The van der Waals surface area contributed by atoms with Crippen LogP contribution in [-0.2, 0) is 11.8 Å². The minimum Gasteiger partial charge on any atom is -0.370 e. The molecule has 142 valence electrons. The van der Waals surface area contributed by atoms with Crippen molar-refractivity contribution in [1.82, 2.24) is 24.9 Å². The molecule has 0 bridgehead atoms. The molecule has 0 amide bonds. The van der Waals surface area contributed by atoms with E-state index in [2.05, 4.69) is 39.3 Å². The number of halogens is 1. The monoisotopic (exact) mass is 462 g/mol. The van der Waals surface area contributed by atoms with Crippen LogP contribution in [0.25, 0.3) is 0 Å². The Kier molecular flexibility index (Phi) is 7.51. The van der Waals surface area contributed by atoms with Crippen molar-refractivity contribution in [3.8, 4) is 0 Å². The van der Waals surface area contributed by atoms with Crippen LogP contribution in [0.5, 0.6) is 0 Å². The lowest BCUT2D eigenvalue weighted by Gasteiger charge is -2.35. The molecule has 2 heterocycles. The van der Waals surface area contributed by atoms with Crippen LogP contribution in [0, 0.1) is 5.92 Å². The maximum Gasteiger partial charge on any atom is 0.193 e. The number of hydrogen-bond donors (Lipinski definition) is 1. The summed E-state index contributed by atoms with van der Waals surface area (Å²) in [6.45, 7) is 3.33. The molecule has 1 saturated heterocycles. The zero-order chi connectivity index (χ0) is 17.1. The summed E-state index contributed by atoms with van der Waals surface area (Å²) >= 11 is 0. The molecular formula is C17H31IN6O. The third-order valence-electron chi connectivity index (χ3n) is 4.97. The second kappa shape index (κ2) is 9.18. The summed E-state index contributed by atoms with van der Waals surface area (Å²) < 4.78 is 7.75. The van der Waals surface area contributed by atoms with Crippen LogP contribution in [-0.4, -0.2) is 79.0 Å². The van der Waals surface area contributed by atoms with Gasteiger partial charge in [0.25, 0.3) is 0 Å². The highest BCUT2D eigenvalue weighted by Gasteiger charge is 2.33. The molecule has 8 heteroatoms. The van der Waals surface area contributed by atoms with Crippen molar-refractivity contribution in [3.63, 3.8) is 0 Å². The zero-order valence-corrected chi connectivity index (χ0v) is 18.0. The normalized spacial score (nSPS) is 22.7. The van der Waals surface area contributed by atoms with E-state index in [0.717, 1.165) is 37.1 Å². The zero-order valence-electron chi connectivity index (χ0n) is 15.7. The van der Waals surface area contributed by atoms with E-state index in [9.17, 15) is 0 Å². The Bertz CT molecular complexity index is 569. The predicted octanol–water partition coefficient (Wildman–Crippen LogP) is 1.33. The van der Waals surface area contributed by atoms with Crippen molar-refractivity contribution in [2.24, 2.45) is 18.0 Å². The van der Waals surface area contributed by atoms with E-state index >= 15 is 0 Å². The van der Waals surface area contributed by atoms with E-state index in [0.29, 0.717) is 12.6 Å². The quantitative estimate of drug-likeness (QED) is 0.407. The highest BCUT2D eigenvalue weighted by Crippen LogP contribution is 2.34. The number of guanidine groups is 1. The summed E-state index contributed by atoms with van der Waals surface area (Å²) in [6, 6.07) is 0.580. The molecule has 1 aromatic heterocycles. The van der Waals surface area contributed by atoms with Crippen LogP contribution < -0.4 is 5.32 Å². The molecule has 0 radical (unpaired) electrons. The number of morpholine rings is 1. The number of aryl methyl sites for hydroxylation is 1. The Hall–Kier alpha value is -0.870. The molecule has 1 saturated carbocycles. The molecule has 0 aromatic carbocycles. The van der Waals surface area contributed by atoms with E-state index in [1.54, 1.807) is 0 Å². The maximum absolute atomic E-state index is 5.93. The summed E-state index contributed by atoms with van der Waals surface area (Å²) in [6.07, 6.45) is 6.67. The molecule has 1 aromatic rings. The molecule has 1 aliphatic carbocycles. The number of rotatable bonds is 5. The number of aliphatic imine (C=N–C) groups is 1. The van der Waals surface area contributed by atoms with Crippen molar-refractivity contribution in [2.75, 3.05) is 47.4 Å². The molecule has 2 aliphatic rings. The Morgan fingerprint density at radius 1 is 1.48 bits per heavy atom. The molecule has 2 fully saturated rings. The lowest BCUT2D eigenvalue weighted by molar-refractivity contribution is -0.00812. The Balaban J connectivity index is 0.00000225. The van der Waals surface area contributed by atoms with Crippen molar-refractivity contribution >= 4 is 29.9 Å². The lowest BCUT2D eigenvalue weighted by Crippen LogP contribution is -2.51. The fourth-order valence-corrected chi connectivity index (χ4v) is 3.43. The van der Waals surface area contributed by atoms with Gasteiger partial charge in [-0.2, -0.15) is 5.10 Å². The predicted molar refractivity (Wildman–Crippen MR) is 110 cm³/mol. The van der Waals surface area contributed by atoms with Gasteiger partial charge in [0.2, 0.25) is 0 Å². The van der Waals surface area contributed by atoms with Gasteiger partial charge in [-0.1, -0.05) is 0 Å². The summed E-state index contributed by atoms with van der Waals surface area (Å²) in [5, 5.41) is 7.83. The van der Waals surface area contributed by atoms with Gasteiger partial charge < -0.3 is 19.9 Å². The Labute approximate surface area is 167 Å². The van der Waals surface area contributed by atoms with Gasteiger partial charge in [0.05, 0.1) is 19.3 Å². The second-order valence-electron chi connectivity index (χ2n) is 7.05. The number of hydrogen-bond acceptors (Lipinski definition) is 4. The Morgan fingerprint density at radius 2 is 2.24 bits per heavy atom. The van der Waals surface area contributed by atoms with Gasteiger partial charge >= 0.3 is 0 Å². The van der Waals surface area contributed by atoms with Crippen LogP contribution in [0.15, 0.2) is 17.4 Å². The van der Waals surface area contributed by atoms with Gasteiger partial charge in [0.1, 0.15) is 6.10 Å². The summed E-state index contributed by atoms with van der Waals surface area (Å²) in [5.74, 6) is 1.80. The first-order chi connectivity index (χ1) is 11.6. The molecule has 0 spiro atoms. The van der Waals surface area contributed by atoms with Crippen molar-refractivity contribution in [1.29, 1.82) is 0 Å². The number of ether oxygens (including phenoxy) is 1. The molecule has 2 unspecified atom stereocenters. The molecule has 1 N–H and O–H groups in total. The highest BCUT2D eigenvalue weighted by molar-refractivity contribution is 14.0. The van der Waals surface area contributed by atoms with Gasteiger partial charge in [0.15, 0.2) is 5.96 Å². The van der Waals surface area contributed by atoms with Gasteiger partial charge in [-0.3, -0.25) is 9.67 Å². The topological polar surface area (TPSA) is 57.9 Å². The fraction of sp³-hybridized carbons (Fsp3) is 0.765.